The van der Waals surface area contributed by atoms with Crippen molar-refractivity contribution in [1.82, 2.24) is 0 Å². The van der Waals surface area contributed by atoms with E-state index in [2.05, 4.69) is 13.8 Å². The number of alkyl halides is 1. The third kappa shape index (κ3) is 5.51. The van der Waals surface area contributed by atoms with Crippen molar-refractivity contribution in [2.24, 2.45) is 11.8 Å². The van der Waals surface area contributed by atoms with E-state index in [0.717, 1.165) is 0 Å². The molecule has 0 spiro atoms. The van der Waals surface area contributed by atoms with Gasteiger partial charge in [-0.15, -0.1) is 0 Å². The second kappa shape index (κ2) is 7.67. The first-order valence-electron chi connectivity index (χ1n) is 6.54. The number of rotatable bonds is 3. The highest BCUT2D eigenvalue weighted by atomic mass is 19.1. The molecule has 0 aliphatic heterocycles. The van der Waals surface area contributed by atoms with E-state index in [1.807, 2.05) is 13.8 Å². The molecule has 3 heteroatoms. The number of ether oxygens (including phenoxy) is 1. The minimum absolute atomic E-state index is 0.0205. The predicted molar refractivity (Wildman–Crippen MR) is 68.6 cm³/mol. The second-order valence-electron chi connectivity index (χ2n) is 5.51. The molecule has 0 radical (unpaired) electrons. The predicted octanol–water partition coefficient (Wildman–Crippen LogP) is 4.13. The van der Waals surface area contributed by atoms with Gasteiger partial charge in [-0.3, -0.25) is 9.18 Å². The second-order valence-corrected chi connectivity index (χ2v) is 5.51. The zero-order valence-electron chi connectivity index (χ0n) is 11.9. The van der Waals surface area contributed by atoms with E-state index in [-0.39, 0.29) is 17.5 Å². The Labute approximate surface area is 105 Å². The number of hydrogen-bond donors (Lipinski definition) is 0. The van der Waals surface area contributed by atoms with Gasteiger partial charge in [0.1, 0.15) is 5.60 Å². The molecule has 0 aromatic heterocycles. The van der Waals surface area contributed by atoms with Crippen LogP contribution in [0.2, 0.25) is 0 Å². The van der Waals surface area contributed by atoms with Crippen LogP contribution in [-0.2, 0) is 9.53 Å². The van der Waals surface area contributed by atoms with Gasteiger partial charge in [0.05, 0.1) is 13.1 Å². The molecular weight excluding hydrogens is 219 g/mol. The molecule has 17 heavy (non-hydrogen) atoms. The van der Waals surface area contributed by atoms with Crippen LogP contribution in [0.4, 0.5) is 4.39 Å². The molecule has 0 bridgehead atoms. The molecular formula is C14H27FO2. The summed E-state index contributed by atoms with van der Waals surface area (Å²) in [4.78, 5) is 11.6. The fourth-order valence-electron chi connectivity index (χ4n) is 2.26. The van der Waals surface area contributed by atoms with Crippen LogP contribution in [0.25, 0.3) is 0 Å². The molecule has 0 atom stereocenters. The van der Waals surface area contributed by atoms with Crippen molar-refractivity contribution in [1.29, 1.82) is 0 Å². The van der Waals surface area contributed by atoms with E-state index < -0.39 is 0 Å². The van der Waals surface area contributed by atoms with Gasteiger partial charge in [0.15, 0.2) is 0 Å². The maximum Gasteiger partial charge on any atom is 0.308 e. The summed E-state index contributed by atoms with van der Waals surface area (Å²) in [6, 6.07) is 0. The van der Waals surface area contributed by atoms with Gasteiger partial charge in [0, 0.05) is 0 Å². The minimum atomic E-state index is -0.276. The van der Waals surface area contributed by atoms with Crippen LogP contribution >= 0.6 is 0 Å². The maximum absolute atomic E-state index is 11.6. The summed E-state index contributed by atoms with van der Waals surface area (Å²) in [7, 11) is 0.500. The van der Waals surface area contributed by atoms with Gasteiger partial charge >= 0.3 is 5.97 Å². The Hall–Kier alpha value is -0.600. The zero-order valence-corrected chi connectivity index (χ0v) is 11.9. The average Bonchev–Trinajstić information content (AvgIpc) is 2.32. The first-order valence-corrected chi connectivity index (χ1v) is 6.54. The van der Waals surface area contributed by atoms with Crippen molar-refractivity contribution in [3.8, 4) is 0 Å². The van der Waals surface area contributed by atoms with Crippen LogP contribution in [0, 0.1) is 11.8 Å². The molecule has 1 aliphatic carbocycles. The van der Waals surface area contributed by atoms with E-state index in [1.165, 1.54) is 32.1 Å². The van der Waals surface area contributed by atoms with Gasteiger partial charge in [0.25, 0.3) is 0 Å². The summed E-state index contributed by atoms with van der Waals surface area (Å²) in [5.74, 6) is 0.465. The van der Waals surface area contributed by atoms with Gasteiger partial charge in [-0.05, 0) is 32.6 Å². The number of esters is 1. The summed E-state index contributed by atoms with van der Waals surface area (Å²) in [5, 5.41) is 0. The van der Waals surface area contributed by atoms with Crippen molar-refractivity contribution in [3.63, 3.8) is 0 Å². The molecule has 0 unspecified atom stereocenters. The van der Waals surface area contributed by atoms with Crippen molar-refractivity contribution in [2.75, 3.05) is 7.18 Å². The Morgan fingerprint density at radius 3 is 2.06 bits per heavy atom. The molecule has 0 aromatic rings. The van der Waals surface area contributed by atoms with E-state index >= 15 is 0 Å². The lowest BCUT2D eigenvalue weighted by atomic mass is 9.78. The highest BCUT2D eigenvalue weighted by Gasteiger charge is 2.34. The van der Waals surface area contributed by atoms with Crippen LogP contribution < -0.4 is 0 Å². The first kappa shape index (κ1) is 16.4. The summed E-state index contributed by atoms with van der Waals surface area (Å²) >= 11 is 0. The molecule has 1 aliphatic rings. The topological polar surface area (TPSA) is 26.3 Å². The average molecular weight is 246 g/mol. The Kier molecular flexibility index (Phi) is 7.40. The van der Waals surface area contributed by atoms with Gasteiger partial charge in [-0.25, -0.2) is 0 Å². The van der Waals surface area contributed by atoms with E-state index in [4.69, 9.17) is 4.74 Å². The number of hydrogen-bond acceptors (Lipinski definition) is 2. The van der Waals surface area contributed by atoms with Crippen molar-refractivity contribution >= 4 is 5.97 Å². The first-order chi connectivity index (χ1) is 7.93. The molecule has 1 saturated carbocycles. The molecule has 2 nitrogen and oxygen atoms in total. The SMILES string of the molecule is CC(C)C(=O)OC(C)(C)C1CCCCC1.CF. The third-order valence-electron chi connectivity index (χ3n) is 3.42. The highest BCUT2D eigenvalue weighted by molar-refractivity contribution is 5.72. The maximum atomic E-state index is 11.6. The lowest BCUT2D eigenvalue weighted by Gasteiger charge is -2.36. The summed E-state index contributed by atoms with van der Waals surface area (Å²) in [6.45, 7) is 7.89. The van der Waals surface area contributed by atoms with Gasteiger partial charge in [-0.2, -0.15) is 0 Å². The van der Waals surface area contributed by atoms with E-state index in [1.54, 1.807) is 0 Å². The summed E-state index contributed by atoms with van der Waals surface area (Å²) in [5.41, 5.74) is -0.276. The Morgan fingerprint density at radius 2 is 1.65 bits per heavy atom. The zero-order chi connectivity index (χ0) is 13.5. The van der Waals surface area contributed by atoms with Crippen LogP contribution in [0.1, 0.15) is 59.8 Å². The normalized spacial score (nSPS) is 17.4. The van der Waals surface area contributed by atoms with Crippen molar-refractivity contribution < 1.29 is 13.9 Å². The smallest absolute Gasteiger partial charge is 0.308 e. The van der Waals surface area contributed by atoms with Crippen molar-refractivity contribution in [2.45, 2.75) is 65.4 Å². The van der Waals surface area contributed by atoms with E-state index in [0.29, 0.717) is 13.1 Å². The summed E-state index contributed by atoms with van der Waals surface area (Å²) in [6.07, 6.45) is 6.32. The van der Waals surface area contributed by atoms with Gasteiger partial charge in [0.2, 0.25) is 0 Å². The number of halogens is 1. The molecule has 1 rings (SSSR count). The van der Waals surface area contributed by atoms with Crippen LogP contribution in [0.5, 0.6) is 0 Å². The molecule has 102 valence electrons. The molecule has 0 heterocycles. The fraction of sp³-hybridized carbons (Fsp3) is 0.929. The Bertz CT molecular complexity index is 218. The quantitative estimate of drug-likeness (QED) is 0.700. The van der Waals surface area contributed by atoms with Crippen LogP contribution in [0.3, 0.4) is 0 Å². The molecule has 1 fully saturated rings. The lowest BCUT2D eigenvalue weighted by molar-refractivity contribution is -0.166. The molecule has 0 N–H and O–H groups in total. The molecule has 0 amide bonds. The minimum Gasteiger partial charge on any atom is -0.459 e. The third-order valence-corrected chi connectivity index (χ3v) is 3.42. The fourth-order valence-corrected chi connectivity index (χ4v) is 2.26. The lowest BCUT2D eigenvalue weighted by Crippen LogP contribution is -2.38. The molecule has 0 saturated heterocycles. The Morgan fingerprint density at radius 1 is 1.18 bits per heavy atom. The van der Waals surface area contributed by atoms with Crippen LogP contribution in [-0.4, -0.2) is 18.7 Å². The largest absolute Gasteiger partial charge is 0.459 e. The van der Waals surface area contributed by atoms with Gasteiger partial charge < -0.3 is 4.74 Å². The number of carbonyl (C=O) groups excluding carboxylic acids is 1. The molecule has 0 aromatic carbocycles. The van der Waals surface area contributed by atoms with E-state index in [9.17, 15) is 9.18 Å². The Balaban J connectivity index is 0.00000121. The monoisotopic (exact) mass is 246 g/mol. The highest BCUT2D eigenvalue weighted by Crippen LogP contribution is 2.35. The van der Waals surface area contributed by atoms with Crippen LogP contribution in [0.15, 0.2) is 0 Å². The van der Waals surface area contributed by atoms with Gasteiger partial charge in [-0.1, -0.05) is 33.1 Å². The standard InChI is InChI=1S/C13H24O2.CH3F/c1-10(2)12(14)15-13(3,4)11-8-6-5-7-9-11;1-2/h10-11H,5-9H2,1-4H3;1H3. The number of carbonyl (C=O) groups is 1. The van der Waals surface area contributed by atoms with Crippen molar-refractivity contribution in [3.05, 3.63) is 0 Å². The summed E-state index contributed by atoms with van der Waals surface area (Å²) < 4.78 is 15.1.